The molecule has 34 heavy (non-hydrogen) atoms. The molecule has 5 aromatic rings. The van der Waals surface area contributed by atoms with Crippen LogP contribution in [0.4, 0.5) is 8.78 Å². The Bertz CT molecular complexity index is 1580. The van der Waals surface area contributed by atoms with Gasteiger partial charge in [0.2, 0.25) is 0 Å². The van der Waals surface area contributed by atoms with Crippen LogP contribution in [0.5, 0.6) is 0 Å². The summed E-state index contributed by atoms with van der Waals surface area (Å²) in [5.74, 6) is 0.0338. The second-order valence-corrected chi connectivity index (χ2v) is 9.04. The van der Waals surface area contributed by atoms with Crippen molar-refractivity contribution in [3.63, 3.8) is 0 Å². The third kappa shape index (κ3) is 3.35. The second kappa shape index (κ2) is 7.95. The van der Waals surface area contributed by atoms with Gasteiger partial charge in [0.15, 0.2) is 5.82 Å². The van der Waals surface area contributed by atoms with Crippen molar-refractivity contribution < 1.29 is 8.78 Å². The number of piperidine rings is 1. The van der Waals surface area contributed by atoms with E-state index in [-0.39, 0.29) is 11.6 Å². The van der Waals surface area contributed by atoms with Gasteiger partial charge in [-0.05, 0) is 81.6 Å². The summed E-state index contributed by atoms with van der Waals surface area (Å²) in [7, 11) is 0. The number of aromatic nitrogens is 5. The lowest BCUT2D eigenvalue weighted by atomic mass is 9.92. The summed E-state index contributed by atoms with van der Waals surface area (Å²) in [4.78, 5) is 19.8. The molecule has 9 heteroatoms. The first-order chi connectivity index (χ1) is 16.5. The molecule has 0 aliphatic carbocycles. The summed E-state index contributed by atoms with van der Waals surface area (Å²) in [5, 5.41) is 11.5. The Morgan fingerprint density at radius 2 is 1.68 bits per heavy atom. The quantitative estimate of drug-likeness (QED) is 0.320. The van der Waals surface area contributed by atoms with Crippen LogP contribution in [0.15, 0.2) is 41.2 Å². The molecule has 1 fully saturated rings. The molecule has 6 rings (SSSR count). The highest BCUT2D eigenvalue weighted by molar-refractivity contribution is 5.97. The van der Waals surface area contributed by atoms with Gasteiger partial charge in [-0.2, -0.15) is 5.10 Å². The van der Waals surface area contributed by atoms with Crippen molar-refractivity contribution in [3.05, 3.63) is 69.9 Å². The number of fused-ring (bicyclic) bond motifs is 2. The van der Waals surface area contributed by atoms with Gasteiger partial charge in [-0.25, -0.2) is 23.2 Å². The molecule has 0 atom stereocenters. The lowest BCUT2D eigenvalue weighted by Crippen LogP contribution is -2.29. The van der Waals surface area contributed by atoms with E-state index in [0.717, 1.165) is 54.8 Å². The highest BCUT2D eigenvalue weighted by Crippen LogP contribution is 2.35. The Morgan fingerprint density at radius 3 is 2.41 bits per heavy atom. The van der Waals surface area contributed by atoms with Crippen molar-refractivity contribution in [2.45, 2.75) is 26.2 Å². The number of halogens is 2. The van der Waals surface area contributed by atoms with Gasteiger partial charge in [-0.15, -0.1) is 0 Å². The van der Waals surface area contributed by atoms with Crippen molar-refractivity contribution in [1.82, 2.24) is 30.0 Å². The number of aryl methyl sites for hydroxylation is 1. The van der Waals surface area contributed by atoms with Crippen LogP contribution in [-0.2, 0) is 6.42 Å². The number of rotatable bonds is 4. The minimum Gasteiger partial charge on any atom is -0.358 e. The summed E-state index contributed by atoms with van der Waals surface area (Å²) in [6, 6.07) is 9.03. The lowest BCUT2D eigenvalue weighted by molar-refractivity contribution is 0.370. The number of nitrogens with zero attached hydrogens (tertiary/aromatic N) is 2. The maximum absolute atomic E-state index is 14.3. The number of aromatic amines is 3. The zero-order valence-electron chi connectivity index (χ0n) is 18.6. The predicted molar refractivity (Wildman–Crippen MR) is 127 cm³/mol. The van der Waals surface area contributed by atoms with Crippen LogP contribution in [0, 0.1) is 24.5 Å². The van der Waals surface area contributed by atoms with Crippen LogP contribution in [0.2, 0.25) is 0 Å². The fourth-order valence-electron chi connectivity index (χ4n) is 5.24. The van der Waals surface area contributed by atoms with E-state index in [0.29, 0.717) is 33.8 Å². The molecule has 1 aliphatic heterocycles. The van der Waals surface area contributed by atoms with Crippen LogP contribution < -0.4 is 11.0 Å². The number of hydrogen-bond donors (Lipinski definition) is 4. The first-order valence-corrected chi connectivity index (χ1v) is 11.5. The monoisotopic (exact) mass is 462 g/mol. The maximum Gasteiger partial charge on any atom is 0.348 e. The Hall–Kier alpha value is -3.72. The number of benzene rings is 2. The van der Waals surface area contributed by atoms with E-state index in [1.807, 2.05) is 6.92 Å². The molecule has 1 aliphatic rings. The van der Waals surface area contributed by atoms with Gasteiger partial charge >= 0.3 is 5.69 Å². The molecule has 4 heterocycles. The fourth-order valence-corrected chi connectivity index (χ4v) is 5.24. The Labute approximate surface area is 193 Å². The van der Waals surface area contributed by atoms with E-state index in [4.69, 9.17) is 0 Å². The second-order valence-electron chi connectivity index (χ2n) is 9.04. The van der Waals surface area contributed by atoms with E-state index in [1.165, 1.54) is 28.8 Å². The van der Waals surface area contributed by atoms with E-state index in [9.17, 15) is 13.6 Å². The van der Waals surface area contributed by atoms with Gasteiger partial charge in [0.1, 0.15) is 11.6 Å². The van der Waals surface area contributed by atoms with Gasteiger partial charge in [-0.3, -0.25) is 0 Å². The van der Waals surface area contributed by atoms with Gasteiger partial charge in [-0.1, -0.05) is 0 Å². The largest absolute Gasteiger partial charge is 0.358 e. The van der Waals surface area contributed by atoms with Crippen molar-refractivity contribution in [3.8, 4) is 17.1 Å². The van der Waals surface area contributed by atoms with Crippen molar-refractivity contribution in [2.24, 2.45) is 5.92 Å². The van der Waals surface area contributed by atoms with Gasteiger partial charge in [0.05, 0.1) is 5.69 Å². The smallest absolute Gasteiger partial charge is 0.348 e. The molecule has 3 aromatic heterocycles. The molecular formula is C25H24F2N6O. The minimum atomic E-state index is -0.433. The molecule has 0 amide bonds. The molecule has 2 aromatic carbocycles. The molecule has 0 radical (unpaired) electrons. The molecule has 4 N–H and O–H groups in total. The predicted octanol–water partition coefficient (Wildman–Crippen LogP) is 4.32. The van der Waals surface area contributed by atoms with Crippen LogP contribution in [-0.4, -0.2) is 37.8 Å². The topological polar surface area (TPSA) is 94.3 Å². The normalized spacial score (nSPS) is 15.0. The summed E-state index contributed by atoms with van der Waals surface area (Å²) in [6.45, 7) is 3.76. The Morgan fingerprint density at radius 1 is 1.00 bits per heavy atom. The molecule has 0 saturated carbocycles. The fraction of sp³-hybridized carbons (Fsp3) is 0.280. The van der Waals surface area contributed by atoms with Crippen molar-refractivity contribution >= 4 is 21.8 Å². The molecule has 1 saturated heterocycles. The molecular weight excluding hydrogens is 438 g/mol. The summed E-state index contributed by atoms with van der Waals surface area (Å²) in [5.41, 5.74) is 3.90. The molecule has 7 nitrogen and oxygen atoms in total. The van der Waals surface area contributed by atoms with Gasteiger partial charge < -0.3 is 15.3 Å². The third-order valence-electron chi connectivity index (χ3n) is 6.83. The summed E-state index contributed by atoms with van der Waals surface area (Å²) >= 11 is 0. The third-order valence-corrected chi connectivity index (χ3v) is 6.83. The van der Waals surface area contributed by atoms with Gasteiger partial charge in [0.25, 0.3) is 0 Å². The van der Waals surface area contributed by atoms with Crippen molar-refractivity contribution in [2.75, 3.05) is 13.1 Å². The van der Waals surface area contributed by atoms with Crippen LogP contribution in [0.25, 0.3) is 38.9 Å². The standard InChI is InChI=1S/C25H24F2N6O/c1-13-22(17-11-15(26)2-4-19(17)29-13)24-31-32-25(34)33(24)23-18-12-16(27)3-5-20(18)30-21(23)10-14-6-8-28-9-7-14/h2-5,11-12,14,28-30H,6-10H2,1H3,(H,32,34). The SMILES string of the molecule is Cc1[nH]c2ccc(F)cc2c1-c1n[nH]c(=O)n1-c1c(CC2CCNCC2)[nH]c2ccc(F)cc12. The first kappa shape index (κ1) is 20.9. The Balaban J connectivity index is 1.61. The molecule has 174 valence electrons. The summed E-state index contributed by atoms with van der Waals surface area (Å²) in [6.07, 6.45) is 2.78. The highest BCUT2D eigenvalue weighted by atomic mass is 19.1. The van der Waals surface area contributed by atoms with Crippen LogP contribution in [0.3, 0.4) is 0 Å². The highest BCUT2D eigenvalue weighted by Gasteiger charge is 2.25. The molecule has 0 unspecified atom stereocenters. The molecule has 0 bridgehead atoms. The molecule has 0 spiro atoms. The average Bonchev–Trinajstić information content (AvgIpc) is 3.45. The van der Waals surface area contributed by atoms with E-state index in [2.05, 4.69) is 25.5 Å². The zero-order valence-corrected chi connectivity index (χ0v) is 18.6. The van der Waals surface area contributed by atoms with E-state index >= 15 is 0 Å². The average molecular weight is 463 g/mol. The number of hydrogen-bond acceptors (Lipinski definition) is 3. The van der Waals surface area contributed by atoms with E-state index in [1.54, 1.807) is 12.1 Å². The van der Waals surface area contributed by atoms with E-state index < -0.39 is 5.69 Å². The number of H-pyrrole nitrogens is 3. The Kier molecular flexibility index (Phi) is 4.88. The summed E-state index contributed by atoms with van der Waals surface area (Å²) < 4.78 is 30.0. The number of nitrogens with one attached hydrogen (secondary N) is 4. The first-order valence-electron chi connectivity index (χ1n) is 11.5. The lowest BCUT2D eigenvalue weighted by Gasteiger charge is -2.22. The van der Waals surface area contributed by atoms with Crippen LogP contribution >= 0.6 is 0 Å². The van der Waals surface area contributed by atoms with Crippen molar-refractivity contribution in [1.29, 1.82) is 0 Å². The van der Waals surface area contributed by atoms with Gasteiger partial charge in [0, 0.05) is 38.8 Å². The van der Waals surface area contributed by atoms with Crippen LogP contribution in [0.1, 0.15) is 24.2 Å². The minimum absolute atomic E-state index is 0.357. The zero-order chi connectivity index (χ0) is 23.4. The maximum atomic E-state index is 14.3.